The molecule has 0 saturated heterocycles. The zero-order valence-electron chi connectivity index (χ0n) is 45.5. The van der Waals surface area contributed by atoms with E-state index in [1.54, 1.807) is 30.3 Å². The summed E-state index contributed by atoms with van der Waals surface area (Å²) < 4.78 is 33.7. The molecule has 1 aromatic carbocycles. The molecule has 422 valence electrons. The van der Waals surface area contributed by atoms with Gasteiger partial charge in [0.2, 0.25) is 29.5 Å². The number of hydrogen-bond acceptors (Lipinski definition) is 15. The van der Waals surface area contributed by atoms with Crippen LogP contribution in [0.4, 0.5) is 0 Å². The molecular weight excluding hydrogens is 1010 g/mol. The number of carboxylic acid groups (broad SMARTS) is 1. The summed E-state index contributed by atoms with van der Waals surface area (Å²) in [6, 6.07) is -0.984. The van der Waals surface area contributed by atoms with Gasteiger partial charge in [0.05, 0.1) is 6.10 Å². The summed E-state index contributed by atoms with van der Waals surface area (Å²) in [4.78, 5) is 157. The van der Waals surface area contributed by atoms with Crippen LogP contribution in [-0.4, -0.2) is 178 Å². The Morgan fingerprint density at radius 3 is 1.75 bits per heavy atom. The van der Waals surface area contributed by atoms with Gasteiger partial charge in [0.25, 0.3) is 11.8 Å². The van der Waals surface area contributed by atoms with Gasteiger partial charge in [0.1, 0.15) is 42.1 Å². The standard InChI is InChI=1S/C49H78N7O18P/c1-17-36(58)52-38(41(27(6)7)74-75(68,69)70)49(67)73-40(26(4)5)37(46(63)56(15)39(47(64)65)31(11)71-16)53-43(60)30(10)54(13)44(61)28(8)50-42(59)29(9)55(14)45(62)35(24-33-21-19-18-20-22-33)72-48(66)34(23-25(2)3)51-32(12)57/h18-22,25-28,30-31,34-35,37-41H,9,17,23-24H2,1-8,10-16H3,(H,50,59)(H,51,57)(H,52,58)(H,53,60)(H,64,65)(H2,68,69,70)/t28-,30-,31+,34-,35+,37-,38-,39-,40+,41+/m0/s1. The Hall–Kier alpha value is -6.27. The normalized spacial score (nSPS) is 15.5. The zero-order valence-corrected chi connectivity index (χ0v) is 46.4. The fourth-order valence-electron chi connectivity index (χ4n) is 7.47. The number of methoxy groups -OCH3 is 1. The van der Waals surface area contributed by atoms with E-state index in [0.29, 0.717) is 5.56 Å². The topological polar surface area (TPSA) is 343 Å². The van der Waals surface area contributed by atoms with Crippen LogP contribution in [0.15, 0.2) is 42.6 Å². The number of nitrogens with one attached hydrogen (secondary N) is 4. The number of likely N-dealkylation sites (N-methyl/N-ethyl adjacent to an activating group) is 3. The van der Waals surface area contributed by atoms with Gasteiger partial charge >= 0.3 is 25.7 Å². The molecule has 0 bridgehead atoms. The maximum Gasteiger partial charge on any atom is 0.469 e. The minimum absolute atomic E-state index is 0.0515. The number of aliphatic carboxylic acids is 1. The lowest BCUT2D eigenvalue weighted by Gasteiger charge is -2.38. The van der Waals surface area contributed by atoms with E-state index in [-0.39, 0.29) is 25.2 Å². The molecule has 1 aromatic rings. The van der Waals surface area contributed by atoms with Crippen LogP contribution in [0.25, 0.3) is 0 Å². The maximum atomic E-state index is 14.5. The zero-order chi connectivity index (χ0) is 58.0. The summed E-state index contributed by atoms with van der Waals surface area (Å²) in [6.45, 7) is 19.7. The number of hydrogen-bond donors (Lipinski definition) is 7. The first-order valence-corrected chi connectivity index (χ1v) is 25.8. The summed E-state index contributed by atoms with van der Waals surface area (Å²) in [6.07, 6.45) is -6.16. The number of phosphoric acid groups is 1. The van der Waals surface area contributed by atoms with Crippen LogP contribution >= 0.6 is 7.82 Å². The number of esters is 2. The molecule has 25 nitrogen and oxygen atoms in total. The highest BCUT2D eigenvalue weighted by Crippen LogP contribution is 2.40. The molecule has 0 spiro atoms. The van der Waals surface area contributed by atoms with Gasteiger partial charge in [-0.3, -0.25) is 38.1 Å². The smallest absolute Gasteiger partial charge is 0.469 e. The predicted molar refractivity (Wildman–Crippen MR) is 270 cm³/mol. The van der Waals surface area contributed by atoms with Gasteiger partial charge in [0.15, 0.2) is 18.2 Å². The molecule has 75 heavy (non-hydrogen) atoms. The average molecular weight is 1080 g/mol. The molecule has 0 radical (unpaired) electrons. The van der Waals surface area contributed by atoms with Crippen molar-refractivity contribution in [3.63, 3.8) is 0 Å². The molecule has 0 aliphatic heterocycles. The SMILES string of the molecule is C=C(C(=O)N[C@@H](C)C(=O)N(C)[C@@H](C)C(=O)N[C@H](C(=O)N(C)[C@H](C(=O)O)[C@@H](C)OC)[C@H](OC(=O)[C@@H](NC(=O)CC)[C@H](OP(=O)(O)O)C(C)C)C(C)C)N(C)C(=O)[C@@H](Cc1ccccc1)OC(=O)[C@H](CC(C)C)NC(C)=O. The van der Waals surface area contributed by atoms with Crippen LogP contribution in [0.5, 0.6) is 0 Å². The highest BCUT2D eigenvalue weighted by molar-refractivity contribution is 7.46. The molecule has 7 amide bonds. The molecule has 0 fully saturated rings. The Balaban J connectivity index is 3.60. The van der Waals surface area contributed by atoms with Crippen LogP contribution < -0.4 is 21.3 Å². The maximum absolute atomic E-state index is 14.5. The third kappa shape index (κ3) is 20.8. The number of nitrogens with zero attached hydrogens (tertiary/aromatic N) is 3. The third-order valence-electron chi connectivity index (χ3n) is 12.0. The summed E-state index contributed by atoms with van der Waals surface area (Å²) in [5.41, 5.74) is 0.118. The van der Waals surface area contributed by atoms with Crippen molar-refractivity contribution in [3.8, 4) is 0 Å². The predicted octanol–water partition coefficient (Wildman–Crippen LogP) is 1.04. The molecule has 1 rings (SSSR count). The molecule has 0 heterocycles. The Labute approximate surface area is 438 Å². The van der Waals surface area contributed by atoms with Crippen molar-refractivity contribution < 1.29 is 86.1 Å². The molecule has 26 heteroatoms. The molecule has 7 N–H and O–H groups in total. The highest BCUT2D eigenvalue weighted by Gasteiger charge is 2.46. The molecule has 0 aromatic heterocycles. The lowest BCUT2D eigenvalue weighted by atomic mass is 9.95. The summed E-state index contributed by atoms with van der Waals surface area (Å²) in [7, 11) is -0.626. The van der Waals surface area contributed by atoms with Gasteiger partial charge in [-0.05, 0) is 50.5 Å². The van der Waals surface area contributed by atoms with E-state index in [1.165, 1.54) is 83.5 Å². The van der Waals surface area contributed by atoms with Crippen molar-refractivity contribution in [3.05, 3.63) is 48.2 Å². The Morgan fingerprint density at radius 2 is 1.28 bits per heavy atom. The summed E-state index contributed by atoms with van der Waals surface area (Å²) in [5.74, 6) is -11.8. The van der Waals surface area contributed by atoms with E-state index in [1.807, 2.05) is 13.8 Å². The second kappa shape index (κ2) is 30.3. The quantitative estimate of drug-likeness (QED) is 0.0321. The minimum atomic E-state index is -5.31. The summed E-state index contributed by atoms with van der Waals surface area (Å²) in [5, 5.41) is 19.9. The fourth-order valence-corrected chi connectivity index (χ4v) is 8.16. The monoisotopic (exact) mass is 1080 g/mol. The lowest BCUT2D eigenvalue weighted by Crippen LogP contribution is -2.63. The molecule has 10 atom stereocenters. The third-order valence-corrected chi connectivity index (χ3v) is 12.5. The van der Waals surface area contributed by atoms with Crippen molar-refractivity contribution in [2.45, 2.75) is 156 Å². The highest BCUT2D eigenvalue weighted by atomic mass is 31.2. The van der Waals surface area contributed by atoms with Crippen LogP contribution in [0.1, 0.15) is 94.6 Å². The number of phosphoric ester groups is 1. The van der Waals surface area contributed by atoms with Crippen molar-refractivity contribution in [1.82, 2.24) is 36.0 Å². The lowest BCUT2D eigenvalue weighted by molar-refractivity contribution is -0.167. The molecular formula is C49H78N7O18P. The van der Waals surface area contributed by atoms with E-state index < -0.39 is 145 Å². The number of benzene rings is 1. The van der Waals surface area contributed by atoms with E-state index in [0.717, 1.165) is 21.7 Å². The molecule has 0 aliphatic rings. The van der Waals surface area contributed by atoms with Gasteiger partial charge in [-0.2, -0.15) is 0 Å². The van der Waals surface area contributed by atoms with E-state index >= 15 is 0 Å². The molecule has 0 saturated carbocycles. The van der Waals surface area contributed by atoms with Crippen molar-refractivity contribution in [2.75, 3.05) is 28.3 Å². The van der Waals surface area contributed by atoms with Gasteiger partial charge in [0, 0.05) is 48.0 Å². The number of ether oxygens (including phenoxy) is 3. The van der Waals surface area contributed by atoms with Crippen LogP contribution in [0.2, 0.25) is 0 Å². The van der Waals surface area contributed by atoms with Gasteiger partial charge < -0.3 is 65.1 Å². The molecule has 0 aliphatic carbocycles. The Morgan fingerprint density at radius 1 is 0.720 bits per heavy atom. The second-order valence-electron chi connectivity index (χ2n) is 19.2. The largest absolute Gasteiger partial charge is 0.480 e. The fraction of sp³-hybridized carbons (Fsp3) is 0.633. The van der Waals surface area contributed by atoms with Crippen molar-refractivity contribution in [2.24, 2.45) is 17.8 Å². The van der Waals surface area contributed by atoms with Crippen LogP contribution in [0.3, 0.4) is 0 Å². The van der Waals surface area contributed by atoms with E-state index in [4.69, 9.17) is 18.7 Å². The first-order chi connectivity index (χ1) is 34.6. The number of rotatable bonds is 30. The van der Waals surface area contributed by atoms with E-state index in [2.05, 4.69) is 27.8 Å². The Bertz CT molecular complexity index is 2240. The first-order valence-electron chi connectivity index (χ1n) is 24.2. The van der Waals surface area contributed by atoms with Crippen LogP contribution in [0, 0.1) is 17.8 Å². The van der Waals surface area contributed by atoms with Gasteiger partial charge in [-0.15, -0.1) is 0 Å². The first kappa shape index (κ1) is 66.7. The second-order valence-corrected chi connectivity index (χ2v) is 20.4. The van der Waals surface area contributed by atoms with Crippen molar-refractivity contribution >= 4 is 67.1 Å². The number of carbonyl (C=O) groups is 10. The number of carboxylic acids is 1. The van der Waals surface area contributed by atoms with Gasteiger partial charge in [-0.1, -0.05) is 85.4 Å². The van der Waals surface area contributed by atoms with Crippen LogP contribution in [-0.2, 0) is 77.7 Å². The van der Waals surface area contributed by atoms with Crippen molar-refractivity contribution in [1.29, 1.82) is 0 Å². The summed E-state index contributed by atoms with van der Waals surface area (Å²) >= 11 is 0. The Kier molecular flexibility index (Phi) is 27.0. The molecule has 0 unspecified atom stereocenters. The van der Waals surface area contributed by atoms with E-state index in [9.17, 15) is 67.4 Å². The van der Waals surface area contributed by atoms with Gasteiger partial charge in [-0.25, -0.2) is 18.9 Å². The minimum Gasteiger partial charge on any atom is -0.480 e. The number of amides is 7. The number of carbonyl (C=O) groups excluding carboxylic acids is 9. The average Bonchev–Trinajstić information content (AvgIpc) is 3.32.